The van der Waals surface area contributed by atoms with Crippen molar-refractivity contribution in [1.29, 1.82) is 0 Å². The van der Waals surface area contributed by atoms with E-state index in [1.807, 2.05) is 0 Å². The molecule has 0 saturated carbocycles. The number of halogens is 2. The van der Waals surface area contributed by atoms with Crippen molar-refractivity contribution >= 4 is 17.3 Å². The van der Waals surface area contributed by atoms with Crippen LogP contribution in [0, 0.1) is 15.9 Å². The van der Waals surface area contributed by atoms with E-state index in [1.165, 1.54) is 31.2 Å². The first-order valence-corrected chi connectivity index (χ1v) is 7.73. The van der Waals surface area contributed by atoms with E-state index in [0.717, 1.165) is 11.3 Å². The standard InChI is InChI=1S/C17H13ClFN3O3/c1-10-16(9-21(23)24)20-15-7-6-11(18)8-13(15)17(22(10)25)12-4-2-3-5-14(12)19/h2-10,25H,1H3. The number of hydrogen-bond donors (Lipinski definition) is 1. The second kappa shape index (κ2) is 6.62. The zero-order valence-electron chi connectivity index (χ0n) is 13.1. The molecule has 6 nitrogen and oxygen atoms in total. The van der Waals surface area contributed by atoms with E-state index in [2.05, 4.69) is 4.99 Å². The van der Waals surface area contributed by atoms with Crippen LogP contribution >= 0.6 is 11.6 Å². The highest BCUT2D eigenvalue weighted by molar-refractivity contribution is 6.30. The Labute approximate surface area is 146 Å². The Kier molecular flexibility index (Phi) is 4.52. The normalized spacial score (nSPS) is 18.6. The molecule has 25 heavy (non-hydrogen) atoms. The third-order valence-corrected chi connectivity index (χ3v) is 4.09. The van der Waals surface area contributed by atoms with Crippen molar-refractivity contribution in [2.75, 3.05) is 0 Å². The Morgan fingerprint density at radius 1 is 1.36 bits per heavy atom. The number of hydrogen-bond acceptors (Lipinski definition) is 5. The second-order valence-corrected chi connectivity index (χ2v) is 5.90. The molecule has 3 rings (SSSR count). The van der Waals surface area contributed by atoms with E-state index in [-0.39, 0.29) is 17.0 Å². The molecule has 1 aliphatic heterocycles. The first kappa shape index (κ1) is 17.1. The SMILES string of the molecule is CC1C(=C[N+](=O)[O-])N=c2ccc(Cl)cc2=C(c2ccccc2F)N1O. The van der Waals surface area contributed by atoms with Crippen molar-refractivity contribution in [3.63, 3.8) is 0 Å². The van der Waals surface area contributed by atoms with Gasteiger partial charge >= 0.3 is 0 Å². The molecule has 1 N–H and O–H groups in total. The van der Waals surface area contributed by atoms with Crippen LogP contribution in [0.5, 0.6) is 0 Å². The zero-order valence-corrected chi connectivity index (χ0v) is 13.8. The molecule has 0 saturated heterocycles. The summed E-state index contributed by atoms with van der Waals surface area (Å²) in [6, 6.07) is 9.74. The first-order chi connectivity index (χ1) is 11.9. The van der Waals surface area contributed by atoms with Crippen molar-refractivity contribution in [2.45, 2.75) is 13.0 Å². The Bertz CT molecular complexity index is 1010. The molecule has 0 fully saturated rings. The summed E-state index contributed by atoms with van der Waals surface area (Å²) in [5.74, 6) is -0.545. The van der Waals surface area contributed by atoms with Gasteiger partial charge in [0.15, 0.2) is 0 Å². The van der Waals surface area contributed by atoms with Crippen molar-refractivity contribution in [3.05, 3.63) is 91.5 Å². The van der Waals surface area contributed by atoms with Crippen LogP contribution in [0.15, 0.2) is 59.4 Å². The van der Waals surface area contributed by atoms with E-state index in [9.17, 15) is 19.7 Å². The summed E-state index contributed by atoms with van der Waals surface area (Å²) in [7, 11) is 0. The van der Waals surface area contributed by atoms with Crippen molar-refractivity contribution < 1.29 is 14.5 Å². The highest BCUT2D eigenvalue weighted by Crippen LogP contribution is 2.24. The molecule has 0 amide bonds. The molecule has 0 radical (unpaired) electrons. The Morgan fingerprint density at radius 2 is 2.08 bits per heavy atom. The quantitative estimate of drug-likeness (QED) is 0.658. The molecular weight excluding hydrogens is 349 g/mol. The molecule has 0 aliphatic carbocycles. The molecule has 2 aromatic carbocycles. The average Bonchev–Trinajstić information content (AvgIpc) is 2.65. The predicted octanol–water partition coefficient (Wildman–Crippen LogP) is 2.47. The minimum absolute atomic E-state index is 0.0300. The van der Waals surface area contributed by atoms with Gasteiger partial charge in [-0.05, 0) is 37.3 Å². The molecule has 1 unspecified atom stereocenters. The van der Waals surface area contributed by atoms with Crippen molar-refractivity contribution in [3.8, 4) is 0 Å². The van der Waals surface area contributed by atoms with Gasteiger partial charge in [0, 0.05) is 15.8 Å². The first-order valence-electron chi connectivity index (χ1n) is 7.35. The van der Waals surface area contributed by atoms with E-state index in [0.29, 0.717) is 15.6 Å². The molecule has 1 heterocycles. The molecule has 8 heteroatoms. The molecule has 1 aliphatic rings. The molecular formula is C17H13ClFN3O3. The molecule has 0 spiro atoms. The summed E-state index contributed by atoms with van der Waals surface area (Å²) in [5.41, 5.74) is 0.305. The topological polar surface area (TPSA) is 79.0 Å². The fraction of sp³-hybridized carbons (Fsp3) is 0.118. The summed E-state index contributed by atoms with van der Waals surface area (Å²) in [6.45, 7) is 1.53. The van der Waals surface area contributed by atoms with Gasteiger partial charge in [0.25, 0.3) is 6.20 Å². The summed E-state index contributed by atoms with van der Waals surface area (Å²) in [5, 5.41) is 23.4. The van der Waals surface area contributed by atoms with Crippen LogP contribution in [0.3, 0.4) is 0 Å². The lowest BCUT2D eigenvalue weighted by atomic mass is 10.1. The van der Waals surface area contributed by atoms with E-state index >= 15 is 0 Å². The Balaban J connectivity index is 2.45. The van der Waals surface area contributed by atoms with Gasteiger partial charge in [-0.1, -0.05) is 23.7 Å². The van der Waals surface area contributed by atoms with Crippen LogP contribution in [0.4, 0.5) is 4.39 Å². The van der Waals surface area contributed by atoms with Crippen molar-refractivity contribution in [1.82, 2.24) is 5.06 Å². The highest BCUT2D eigenvalue weighted by atomic mass is 35.5. The summed E-state index contributed by atoms with van der Waals surface area (Å²) in [4.78, 5) is 14.5. The van der Waals surface area contributed by atoms with Crippen LogP contribution in [0.2, 0.25) is 5.02 Å². The highest BCUT2D eigenvalue weighted by Gasteiger charge is 2.27. The van der Waals surface area contributed by atoms with Gasteiger partial charge in [-0.2, -0.15) is 0 Å². The maximum absolute atomic E-state index is 14.4. The van der Waals surface area contributed by atoms with Crippen LogP contribution in [0.1, 0.15) is 12.5 Å². The number of hydroxylamine groups is 2. The van der Waals surface area contributed by atoms with E-state index < -0.39 is 16.8 Å². The van der Waals surface area contributed by atoms with E-state index in [1.54, 1.807) is 18.2 Å². The molecule has 1 atom stereocenters. The van der Waals surface area contributed by atoms with Gasteiger partial charge in [0.1, 0.15) is 17.6 Å². The third-order valence-electron chi connectivity index (χ3n) is 3.85. The lowest BCUT2D eigenvalue weighted by molar-refractivity contribution is -0.404. The second-order valence-electron chi connectivity index (χ2n) is 5.46. The van der Waals surface area contributed by atoms with Crippen LogP contribution in [-0.4, -0.2) is 21.2 Å². The number of nitro groups is 1. The fourth-order valence-corrected chi connectivity index (χ4v) is 2.81. The Morgan fingerprint density at radius 3 is 2.76 bits per heavy atom. The van der Waals surface area contributed by atoms with E-state index in [4.69, 9.17) is 11.6 Å². The van der Waals surface area contributed by atoms with Crippen molar-refractivity contribution in [2.24, 2.45) is 4.99 Å². The Hall–Kier alpha value is -2.77. The summed E-state index contributed by atoms with van der Waals surface area (Å²) >= 11 is 6.06. The monoisotopic (exact) mass is 361 g/mol. The fourth-order valence-electron chi connectivity index (χ4n) is 2.64. The molecule has 0 aromatic heterocycles. The maximum Gasteiger partial charge on any atom is 0.258 e. The smallest absolute Gasteiger partial charge is 0.258 e. The molecule has 2 aromatic rings. The molecule has 128 valence electrons. The van der Waals surface area contributed by atoms with Crippen LogP contribution in [0.25, 0.3) is 5.70 Å². The summed E-state index contributed by atoms with van der Waals surface area (Å²) in [6.07, 6.45) is 0.719. The van der Waals surface area contributed by atoms with Gasteiger partial charge in [-0.15, -0.1) is 0 Å². The largest absolute Gasteiger partial charge is 0.288 e. The van der Waals surface area contributed by atoms with Gasteiger partial charge in [-0.3, -0.25) is 15.3 Å². The summed E-state index contributed by atoms with van der Waals surface area (Å²) < 4.78 is 14.4. The zero-order chi connectivity index (χ0) is 18.1. The van der Waals surface area contributed by atoms with Gasteiger partial charge in [0.2, 0.25) is 0 Å². The minimum Gasteiger partial charge on any atom is -0.288 e. The van der Waals surface area contributed by atoms with Gasteiger partial charge in [0.05, 0.1) is 16.0 Å². The minimum atomic E-state index is -0.869. The lowest BCUT2D eigenvalue weighted by Crippen LogP contribution is -2.35. The average molecular weight is 362 g/mol. The lowest BCUT2D eigenvalue weighted by Gasteiger charge is -2.25. The van der Waals surface area contributed by atoms with Crippen LogP contribution in [-0.2, 0) is 0 Å². The number of rotatable bonds is 2. The van der Waals surface area contributed by atoms with Gasteiger partial charge in [-0.25, -0.2) is 14.4 Å². The number of benzene rings is 2. The maximum atomic E-state index is 14.4. The van der Waals surface area contributed by atoms with Crippen LogP contribution < -0.4 is 10.6 Å². The number of nitrogens with zero attached hydrogens (tertiary/aromatic N) is 3. The van der Waals surface area contributed by atoms with Gasteiger partial charge < -0.3 is 0 Å². The molecule has 0 bridgehead atoms. The third kappa shape index (κ3) is 3.24. The predicted molar refractivity (Wildman–Crippen MR) is 89.3 cm³/mol. The number of fused-ring (bicyclic) bond motifs is 1.